The monoisotopic (exact) mass is 254 g/mol. The van der Waals surface area contributed by atoms with Gasteiger partial charge in [-0.25, -0.2) is 4.39 Å². The lowest BCUT2D eigenvalue weighted by atomic mass is 10.1. The molecule has 1 atom stereocenters. The molecule has 0 aliphatic rings. The summed E-state index contributed by atoms with van der Waals surface area (Å²) in [5.74, 6) is -0.00404. The first-order valence-electron chi connectivity index (χ1n) is 6.07. The molecule has 0 aliphatic carbocycles. The van der Waals surface area contributed by atoms with Crippen LogP contribution in [0.1, 0.15) is 25.8 Å². The van der Waals surface area contributed by atoms with Crippen molar-refractivity contribution < 1.29 is 18.7 Å². The summed E-state index contributed by atoms with van der Waals surface area (Å²) in [5, 5.41) is 0. The summed E-state index contributed by atoms with van der Waals surface area (Å²) in [5.41, 5.74) is 0.875. The maximum atomic E-state index is 13.0. The Kier molecular flexibility index (Phi) is 5.62. The van der Waals surface area contributed by atoms with Crippen LogP contribution in [0.15, 0.2) is 18.2 Å². The molecular weight excluding hydrogens is 235 g/mol. The third-order valence-corrected chi connectivity index (χ3v) is 2.49. The number of carbonyl (C=O) groups excluding carboxylic acids is 1. The SMILES string of the molecule is CCOC(=O)C[C@H](C)COc1cc(F)ccc1C. The van der Waals surface area contributed by atoms with Gasteiger partial charge in [-0.2, -0.15) is 0 Å². The highest BCUT2D eigenvalue weighted by atomic mass is 19.1. The van der Waals surface area contributed by atoms with Crippen molar-refractivity contribution in [3.63, 3.8) is 0 Å². The standard InChI is InChI=1S/C14H19FO3/c1-4-17-14(16)7-10(2)9-18-13-8-12(15)6-5-11(13)3/h5-6,8,10H,4,7,9H2,1-3H3/t10-/m0/s1. The van der Waals surface area contributed by atoms with E-state index in [9.17, 15) is 9.18 Å². The van der Waals surface area contributed by atoms with Crippen LogP contribution in [-0.2, 0) is 9.53 Å². The second-order valence-electron chi connectivity index (χ2n) is 4.34. The Morgan fingerprint density at radius 2 is 2.17 bits per heavy atom. The Morgan fingerprint density at radius 1 is 1.44 bits per heavy atom. The maximum absolute atomic E-state index is 13.0. The Morgan fingerprint density at radius 3 is 2.83 bits per heavy atom. The van der Waals surface area contributed by atoms with Crippen molar-refractivity contribution >= 4 is 5.97 Å². The van der Waals surface area contributed by atoms with Gasteiger partial charge in [-0.1, -0.05) is 13.0 Å². The summed E-state index contributed by atoms with van der Waals surface area (Å²) < 4.78 is 23.4. The summed E-state index contributed by atoms with van der Waals surface area (Å²) in [7, 11) is 0. The minimum atomic E-state index is -0.325. The van der Waals surface area contributed by atoms with E-state index < -0.39 is 0 Å². The number of carbonyl (C=O) groups is 1. The molecule has 3 nitrogen and oxygen atoms in total. The minimum absolute atomic E-state index is 0.0340. The van der Waals surface area contributed by atoms with Crippen LogP contribution in [-0.4, -0.2) is 19.2 Å². The summed E-state index contributed by atoms with van der Waals surface area (Å²) in [4.78, 5) is 11.2. The van der Waals surface area contributed by atoms with Crippen LogP contribution in [0.5, 0.6) is 5.75 Å². The van der Waals surface area contributed by atoms with E-state index in [-0.39, 0.29) is 17.7 Å². The quantitative estimate of drug-likeness (QED) is 0.732. The smallest absolute Gasteiger partial charge is 0.306 e. The van der Waals surface area contributed by atoms with Crippen molar-refractivity contribution in [3.8, 4) is 5.75 Å². The zero-order chi connectivity index (χ0) is 13.5. The highest BCUT2D eigenvalue weighted by Gasteiger charge is 2.11. The van der Waals surface area contributed by atoms with E-state index in [1.54, 1.807) is 13.0 Å². The van der Waals surface area contributed by atoms with E-state index >= 15 is 0 Å². The van der Waals surface area contributed by atoms with Crippen molar-refractivity contribution in [2.45, 2.75) is 27.2 Å². The molecule has 0 amide bonds. The van der Waals surface area contributed by atoms with E-state index in [1.807, 2.05) is 13.8 Å². The zero-order valence-corrected chi connectivity index (χ0v) is 11.0. The van der Waals surface area contributed by atoms with Gasteiger partial charge in [0.05, 0.1) is 19.6 Å². The molecule has 0 fully saturated rings. The Labute approximate surface area is 107 Å². The molecule has 0 spiro atoms. The molecule has 0 saturated heterocycles. The molecule has 0 aromatic heterocycles. The molecule has 4 heteroatoms. The zero-order valence-electron chi connectivity index (χ0n) is 11.0. The summed E-state index contributed by atoms with van der Waals surface area (Å²) in [6, 6.07) is 4.41. The number of hydrogen-bond acceptors (Lipinski definition) is 3. The lowest BCUT2D eigenvalue weighted by molar-refractivity contribution is -0.144. The van der Waals surface area contributed by atoms with E-state index in [0.29, 0.717) is 25.4 Å². The van der Waals surface area contributed by atoms with Crippen LogP contribution in [0.3, 0.4) is 0 Å². The third kappa shape index (κ3) is 4.73. The molecule has 0 N–H and O–H groups in total. The van der Waals surface area contributed by atoms with Gasteiger partial charge in [0.25, 0.3) is 0 Å². The number of aryl methyl sites for hydroxylation is 1. The number of hydrogen-bond donors (Lipinski definition) is 0. The fraction of sp³-hybridized carbons (Fsp3) is 0.500. The van der Waals surface area contributed by atoms with Crippen LogP contribution >= 0.6 is 0 Å². The number of halogens is 1. The van der Waals surface area contributed by atoms with Crippen molar-refractivity contribution in [1.29, 1.82) is 0 Å². The van der Waals surface area contributed by atoms with Gasteiger partial charge in [0.15, 0.2) is 0 Å². The lowest BCUT2D eigenvalue weighted by Crippen LogP contribution is -2.15. The Hall–Kier alpha value is -1.58. The number of benzene rings is 1. The predicted octanol–water partition coefficient (Wildman–Crippen LogP) is 3.10. The minimum Gasteiger partial charge on any atom is -0.493 e. The van der Waals surface area contributed by atoms with Crippen molar-refractivity contribution in [2.24, 2.45) is 5.92 Å². The molecule has 1 aromatic rings. The van der Waals surface area contributed by atoms with Gasteiger partial charge in [-0.3, -0.25) is 4.79 Å². The van der Waals surface area contributed by atoms with Gasteiger partial charge in [0.2, 0.25) is 0 Å². The van der Waals surface area contributed by atoms with Crippen molar-refractivity contribution in [3.05, 3.63) is 29.6 Å². The van der Waals surface area contributed by atoms with Crippen LogP contribution in [0, 0.1) is 18.7 Å². The average molecular weight is 254 g/mol. The summed E-state index contributed by atoms with van der Waals surface area (Å²) in [6.07, 6.45) is 0.308. The molecule has 0 heterocycles. The van der Waals surface area contributed by atoms with E-state index in [4.69, 9.17) is 9.47 Å². The molecule has 100 valence electrons. The van der Waals surface area contributed by atoms with Gasteiger partial charge in [0, 0.05) is 12.0 Å². The molecule has 0 saturated carbocycles. The second kappa shape index (κ2) is 6.99. The Balaban J connectivity index is 2.44. The molecular formula is C14H19FO3. The van der Waals surface area contributed by atoms with E-state index in [1.165, 1.54) is 12.1 Å². The Bertz CT molecular complexity index is 404. The fourth-order valence-corrected chi connectivity index (χ4v) is 1.52. The molecule has 0 aliphatic heterocycles. The normalized spacial score (nSPS) is 12.0. The number of rotatable bonds is 6. The predicted molar refractivity (Wildman–Crippen MR) is 67.0 cm³/mol. The molecule has 0 unspecified atom stereocenters. The number of ether oxygens (including phenoxy) is 2. The highest BCUT2D eigenvalue weighted by Crippen LogP contribution is 2.19. The van der Waals surface area contributed by atoms with Crippen LogP contribution in [0.25, 0.3) is 0 Å². The highest BCUT2D eigenvalue weighted by molar-refractivity contribution is 5.69. The second-order valence-corrected chi connectivity index (χ2v) is 4.34. The third-order valence-electron chi connectivity index (χ3n) is 2.49. The first-order chi connectivity index (χ1) is 8.52. The van der Waals surface area contributed by atoms with Gasteiger partial charge in [0.1, 0.15) is 11.6 Å². The first-order valence-corrected chi connectivity index (χ1v) is 6.07. The van der Waals surface area contributed by atoms with Gasteiger partial charge >= 0.3 is 5.97 Å². The van der Waals surface area contributed by atoms with Crippen molar-refractivity contribution in [2.75, 3.05) is 13.2 Å². The van der Waals surface area contributed by atoms with Gasteiger partial charge in [-0.05, 0) is 25.5 Å². The molecule has 0 radical (unpaired) electrons. The maximum Gasteiger partial charge on any atom is 0.306 e. The van der Waals surface area contributed by atoms with E-state index in [0.717, 1.165) is 5.56 Å². The average Bonchev–Trinajstić information content (AvgIpc) is 2.30. The van der Waals surface area contributed by atoms with Crippen LogP contribution in [0.2, 0.25) is 0 Å². The van der Waals surface area contributed by atoms with Gasteiger partial charge < -0.3 is 9.47 Å². The molecule has 18 heavy (non-hydrogen) atoms. The van der Waals surface area contributed by atoms with Gasteiger partial charge in [-0.15, -0.1) is 0 Å². The van der Waals surface area contributed by atoms with Crippen LogP contribution in [0.4, 0.5) is 4.39 Å². The van der Waals surface area contributed by atoms with E-state index in [2.05, 4.69) is 0 Å². The number of esters is 1. The largest absolute Gasteiger partial charge is 0.493 e. The van der Waals surface area contributed by atoms with Crippen LogP contribution < -0.4 is 4.74 Å². The lowest BCUT2D eigenvalue weighted by Gasteiger charge is -2.14. The molecule has 1 aromatic carbocycles. The molecule has 1 rings (SSSR count). The first kappa shape index (κ1) is 14.5. The topological polar surface area (TPSA) is 35.5 Å². The summed E-state index contributed by atoms with van der Waals surface area (Å²) in [6.45, 7) is 6.27. The summed E-state index contributed by atoms with van der Waals surface area (Å²) >= 11 is 0. The van der Waals surface area contributed by atoms with Crippen molar-refractivity contribution in [1.82, 2.24) is 0 Å². The fourth-order valence-electron chi connectivity index (χ4n) is 1.52. The molecule has 0 bridgehead atoms.